The Morgan fingerprint density at radius 3 is 2.58 bits per heavy atom. The van der Waals surface area contributed by atoms with Gasteiger partial charge in [0.05, 0.1) is 0 Å². The number of nitrogens with zero attached hydrogens (tertiary/aromatic N) is 1. The van der Waals surface area contributed by atoms with E-state index in [9.17, 15) is 9.18 Å². The van der Waals surface area contributed by atoms with Crippen LogP contribution in [0.1, 0.15) is 44.1 Å². The summed E-state index contributed by atoms with van der Waals surface area (Å²) >= 11 is 0. The van der Waals surface area contributed by atoms with Gasteiger partial charge in [0.15, 0.2) is 0 Å². The van der Waals surface area contributed by atoms with Gasteiger partial charge in [0.25, 0.3) is 0 Å². The van der Waals surface area contributed by atoms with E-state index in [4.69, 9.17) is 0 Å². The van der Waals surface area contributed by atoms with Gasteiger partial charge in [-0.15, -0.1) is 0 Å². The first-order valence-corrected chi connectivity index (χ1v) is 7.29. The third kappa shape index (κ3) is 2.96. The monoisotopic (exact) mass is 261 g/mol. The molecule has 102 valence electrons. The average Bonchev–Trinajstić information content (AvgIpc) is 3.09. The molecule has 3 rings (SSSR count). The standard InChI is InChI=1S/C16H20FNO/c17-14-7-3-4-12(10-14)11-18(15-8-9-15)16(19)13-5-1-2-6-13/h3-4,7,10,13,15H,1-2,5-6,8-9,11H2. The molecule has 1 aromatic carbocycles. The lowest BCUT2D eigenvalue weighted by atomic mass is 10.1. The molecule has 2 nitrogen and oxygen atoms in total. The highest BCUT2D eigenvalue weighted by Crippen LogP contribution is 2.33. The topological polar surface area (TPSA) is 20.3 Å². The van der Waals surface area contributed by atoms with Crippen LogP contribution in [0.4, 0.5) is 4.39 Å². The molecule has 1 amide bonds. The van der Waals surface area contributed by atoms with Crippen LogP contribution in [-0.2, 0) is 11.3 Å². The molecule has 19 heavy (non-hydrogen) atoms. The lowest BCUT2D eigenvalue weighted by Gasteiger charge is -2.25. The molecule has 0 aromatic heterocycles. The summed E-state index contributed by atoms with van der Waals surface area (Å²) in [6.45, 7) is 0.567. The van der Waals surface area contributed by atoms with E-state index in [2.05, 4.69) is 0 Å². The second kappa shape index (κ2) is 5.32. The van der Waals surface area contributed by atoms with Gasteiger partial charge < -0.3 is 4.90 Å². The van der Waals surface area contributed by atoms with Crippen LogP contribution in [0.15, 0.2) is 24.3 Å². The molecule has 2 fully saturated rings. The Bertz CT molecular complexity index is 464. The predicted octanol–water partition coefficient (Wildman–Crippen LogP) is 3.51. The maximum Gasteiger partial charge on any atom is 0.226 e. The predicted molar refractivity (Wildman–Crippen MR) is 71.9 cm³/mol. The van der Waals surface area contributed by atoms with Crippen LogP contribution < -0.4 is 0 Å². The number of rotatable bonds is 4. The number of benzene rings is 1. The van der Waals surface area contributed by atoms with Gasteiger partial charge in [-0.3, -0.25) is 4.79 Å². The van der Waals surface area contributed by atoms with Crippen molar-refractivity contribution < 1.29 is 9.18 Å². The zero-order valence-corrected chi connectivity index (χ0v) is 11.1. The van der Waals surface area contributed by atoms with Crippen molar-refractivity contribution in [1.29, 1.82) is 0 Å². The van der Waals surface area contributed by atoms with Crippen molar-refractivity contribution in [3.63, 3.8) is 0 Å². The molecule has 0 radical (unpaired) electrons. The number of carbonyl (C=O) groups excluding carboxylic acids is 1. The Morgan fingerprint density at radius 1 is 1.21 bits per heavy atom. The summed E-state index contributed by atoms with van der Waals surface area (Å²) in [5.74, 6) is 0.292. The minimum atomic E-state index is -0.221. The van der Waals surface area contributed by atoms with Crippen LogP contribution in [0.5, 0.6) is 0 Å². The van der Waals surface area contributed by atoms with Gasteiger partial charge in [0, 0.05) is 18.5 Å². The molecule has 3 heteroatoms. The normalized spacial score (nSPS) is 19.6. The summed E-state index contributed by atoms with van der Waals surface area (Å²) < 4.78 is 13.2. The highest BCUT2D eigenvalue weighted by Gasteiger charge is 2.36. The van der Waals surface area contributed by atoms with Crippen LogP contribution in [-0.4, -0.2) is 16.8 Å². The molecule has 1 aromatic rings. The number of hydrogen-bond acceptors (Lipinski definition) is 1. The van der Waals surface area contributed by atoms with Gasteiger partial charge in [0.1, 0.15) is 5.82 Å². The molecule has 0 bridgehead atoms. The second-order valence-electron chi connectivity index (χ2n) is 5.81. The fraction of sp³-hybridized carbons (Fsp3) is 0.562. The molecule has 0 unspecified atom stereocenters. The van der Waals surface area contributed by atoms with E-state index in [1.807, 2.05) is 11.0 Å². The summed E-state index contributed by atoms with van der Waals surface area (Å²) in [5.41, 5.74) is 0.901. The molecule has 0 heterocycles. The number of amides is 1. The quantitative estimate of drug-likeness (QED) is 0.812. The molecule has 2 saturated carbocycles. The first-order chi connectivity index (χ1) is 9.24. The van der Waals surface area contributed by atoms with E-state index in [1.54, 1.807) is 6.07 Å². The van der Waals surface area contributed by atoms with Crippen molar-refractivity contribution in [2.75, 3.05) is 0 Å². The third-order valence-corrected chi connectivity index (χ3v) is 4.22. The van der Waals surface area contributed by atoms with Crippen molar-refractivity contribution in [2.45, 2.75) is 51.1 Å². The van der Waals surface area contributed by atoms with Crippen LogP contribution >= 0.6 is 0 Å². The maximum atomic E-state index is 13.2. The Morgan fingerprint density at radius 2 is 1.95 bits per heavy atom. The molecule has 2 aliphatic rings. The van der Waals surface area contributed by atoms with E-state index in [0.717, 1.165) is 31.2 Å². The third-order valence-electron chi connectivity index (χ3n) is 4.22. The lowest BCUT2D eigenvalue weighted by Crippen LogP contribution is -2.36. The molecule has 0 N–H and O–H groups in total. The van der Waals surface area contributed by atoms with Crippen LogP contribution in [0.2, 0.25) is 0 Å². The molecule has 0 atom stereocenters. The van der Waals surface area contributed by atoms with Crippen LogP contribution in [0.3, 0.4) is 0 Å². The van der Waals surface area contributed by atoms with E-state index in [-0.39, 0.29) is 11.7 Å². The molecule has 0 aliphatic heterocycles. The Labute approximate surface area is 113 Å². The largest absolute Gasteiger partial charge is 0.335 e. The minimum absolute atomic E-state index is 0.217. The Hall–Kier alpha value is -1.38. The van der Waals surface area contributed by atoms with Crippen molar-refractivity contribution in [3.05, 3.63) is 35.6 Å². The van der Waals surface area contributed by atoms with Crippen molar-refractivity contribution in [3.8, 4) is 0 Å². The molecular weight excluding hydrogens is 241 g/mol. The lowest BCUT2D eigenvalue weighted by molar-refractivity contribution is -0.136. The zero-order valence-electron chi connectivity index (χ0n) is 11.1. The van der Waals surface area contributed by atoms with Gasteiger partial charge in [-0.2, -0.15) is 0 Å². The highest BCUT2D eigenvalue weighted by molar-refractivity contribution is 5.79. The van der Waals surface area contributed by atoms with E-state index >= 15 is 0 Å². The molecular formula is C16H20FNO. The first-order valence-electron chi connectivity index (χ1n) is 7.29. The molecule has 2 aliphatic carbocycles. The summed E-state index contributed by atoms with van der Waals surface area (Å²) in [7, 11) is 0. The zero-order chi connectivity index (χ0) is 13.2. The van der Waals surface area contributed by atoms with Gasteiger partial charge in [0.2, 0.25) is 5.91 Å². The van der Waals surface area contributed by atoms with Crippen molar-refractivity contribution in [1.82, 2.24) is 4.90 Å². The van der Waals surface area contributed by atoms with E-state index in [1.165, 1.54) is 25.0 Å². The molecule has 0 spiro atoms. The van der Waals surface area contributed by atoms with Gasteiger partial charge in [-0.05, 0) is 43.4 Å². The highest BCUT2D eigenvalue weighted by atomic mass is 19.1. The van der Waals surface area contributed by atoms with Crippen molar-refractivity contribution in [2.24, 2.45) is 5.92 Å². The second-order valence-corrected chi connectivity index (χ2v) is 5.81. The summed E-state index contributed by atoms with van der Waals surface area (Å²) in [4.78, 5) is 14.5. The minimum Gasteiger partial charge on any atom is -0.335 e. The van der Waals surface area contributed by atoms with E-state index in [0.29, 0.717) is 18.5 Å². The fourth-order valence-electron chi connectivity index (χ4n) is 3.01. The van der Waals surface area contributed by atoms with Gasteiger partial charge in [-0.25, -0.2) is 4.39 Å². The molecule has 0 saturated heterocycles. The number of hydrogen-bond donors (Lipinski definition) is 0. The fourth-order valence-corrected chi connectivity index (χ4v) is 3.01. The van der Waals surface area contributed by atoms with Crippen LogP contribution in [0, 0.1) is 11.7 Å². The average molecular weight is 261 g/mol. The van der Waals surface area contributed by atoms with Crippen molar-refractivity contribution >= 4 is 5.91 Å². The SMILES string of the molecule is O=C(C1CCCC1)N(Cc1cccc(F)c1)C1CC1. The Kier molecular flexibility index (Phi) is 3.54. The summed E-state index contributed by atoms with van der Waals surface area (Å²) in [6.07, 6.45) is 6.63. The maximum absolute atomic E-state index is 13.2. The van der Waals surface area contributed by atoms with Gasteiger partial charge in [-0.1, -0.05) is 25.0 Å². The van der Waals surface area contributed by atoms with Crippen LogP contribution in [0.25, 0.3) is 0 Å². The summed E-state index contributed by atoms with van der Waals surface area (Å²) in [5, 5.41) is 0. The summed E-state index contributed by atoms with van der Waals surface area (Å²) in [6, 6.07) is 7.01. The van der Waals surface area contributed by atoms with Gasteiger partial charge >= 0.3 is 0 Å². The number of carbonyl (C=O) groups is 1. The van der Waals surface area contributed by atoms with E-state index < -0.39 is 0 Å². The number of halogens is 1. The Balaban J connectivity index is 1.72. The first kappa shape index (κ1) is 12.6. The smallest absolute Gasteiger partial charge is 0.226 e.